The van der Waals surface area contributed by atoms with Gasteiger partial charge in [-0.25, -0.2) is 0 Å². The molecule has 0 saturated carbocycles. The molecule has 1 aromatic heterocycles. The van der Waals surface area contributed by atoms with Crippen LogP contribution in [-0.4, -0.2) is 9.97 Å². The number of rotatable bonds is 0. The maximum absolute atomic E-state index is 5.50. The summed E-state index contributed by atoms with van der Waals surface area (Å²) in [5, 5.41) is 0.424. The monoisotopic (exact) mass is 216 g/mol. The van der Waals surface area contributed by atoms with Gasteiger partial charge in [0.25, 0.3) is 0 Å². The van der Waals surface area contributed by atoms with Crippen molar-refractivity contribution in [3.63, 3.8) is 0 Å². The summed E-state index contributed by atoms with van der Waals surface area (Å²) in [5.74, 6) is 0. The minimum atomic E-state index is 0. The average Bonchev–Trinajstić information content (AvgIpc) is 1.77. The van der Waals surface area contributed by atoms with E-state index in [4.69, 9.17) is 11.6 Å². The van der Waals surface area contributed by atoms with Crippen molar-refractivity contribution in [1.82, 2.24) is 9.97 Å². The second-order valence-electron chi connectivity index (χ2n) is 1.38. The Morgan fingerprint density at radius 1 is 1.67 bits per heavy atom. The summed E-state index contributed by atoms with van der Waals surface area (Å²) in [6, 6.07) is 0. The molecule has 0 spiro atoms. The van der Waals surface area contributed by atoms with Crippen molar-refractivity contribution in [2.75, 3.05) is 0 Å². The normalized spacial score (nSPS) is 8.22. The van der Waals surface area contributed by atoms with Gasteiger partial charge in [0.15, 0.2) is 0 Å². The fourth-order valence-corrected chi connectivity index (χ4v) is 0.443. The second kappa shape index (κ2) is 4.31. The Bertz CT molecular complexity index is 171. The molecule has 1 rings (SSSR count). The van der Waals surface area contributed by atoms with E-state index in [-0.39, 0.29) is 32.7 Å². The number of hydrogen-bond acceptors (Lipinski definition) is 2. The van der Waals surface area contributed by atoms with Crippen molar-refractivity contribution in [2.45, 2.75) is 6.92 Å². The van der Waals surface area contributed by atoms with Gasteiger partial charge in [-0.05, 0) is 24.0 Å². The fourth-order valence-electron chi connectivity index (χ4n) is 0.345. The van der Waals surface area contributed by atoms with Crippen LogP contribution in [0.4, 0.5) is 0 Å². The molecule has 0 unspecified atom stereocenters. The van der Waals surface area contributed by atoms with Crippen LogP contribution in [0.25, 0.3) is 0 Å². The summed E-state index contributed by atoms with van der Waals surface area (Å²) in [6.07, 6.45) is 4.00. The summed E-state index contributed by atoms with van der Waals surface area (Å²) in [4.78, 5) is 7.49. The molecule has 1 heterocycles. The van der Waals surface area contributed by atoms with Crippen LogP contribution in [0.3, 0.4) is 0 Å². The molecule has 0 aliphatic carbocycles. The van der Waals surface area contributed by atoms with Gasteiger partial charge in [0.2, 0.25) is 0 Å². The van der Waals surface area contributed by atoms with Crippen molar-refractivity contribution in [2.24, 2.45) is 0 Å². The van der Waals surface area contributed by atoms with E-state index in [2.05, 4.69) is 16.2 Å². The van der Waals surface area contributed by atoms with Gasteiger partial charge in [-0.1, -0.05) is 0 Å². The van der Waals surface area contributed by atoms with E-state index in [0.29, 0.717) is 5.15 Å². The van der Waals surface area contributed by atoms with Crippen molar-refractivity contribution >= 4 is 11.6 Å². The van der Waals surface area contributed by atoms with Crippen LogP contribution in [-0.2, 0) is 32.7 Å². The largest absolute Gasteiger partial charge is 0.439 e. The molecule has 45 valence electrons. The second-order valence-corrected chi connectivity index (χ2v) is 1.73. The fraction of sp³-hybridized carbons (Fsp3) is 0.200. The third kappa shape index (κ3) is 2.70. The molecular weight excluding hydrogens is 212 g/mol. The quantitative estimate of drug-likeness (QED) is 0.610. The van der Waals surface area contributed by atoms with Gasteiger partial charge in [-0.3, -0.25) is 4.98 Å². The molecule has 0 aliphatic heterocycles. The first-order valence-corrected chi connectivity index (χ1v) is 2.53. The number of aryl methyl sites for hydroxylation is 1. The Labute approximate surface area is 83.9 Å². The van der Waals surface area contributed by atoms with E-state index in [9.17, 15) is 0 Å². The van der Waals surface area contributed by atoms with Gasteiger partial charge < -0.3 is 4.98 Å². The van der Waals surface area contributed by atoms with Gasteiger partial charge in [-0.15, -0.1) is 6.20 Å². The van der Waals surface area contributed by atoms with E-state index in [1.165, 1.54) is 6.20 Å². The van der Waals surface area contributed by atoms with Crippen LogP contribution in [0.15, 0.2) is 6.20 Å². The predicted octanol–water partition coefficient (Wildman–Crippen LogP) is 1.24. The minimum Gasteiger partial charge on any atom is -0.439 e. The summed E-state index contributed by atoms with van der Waals surface area (Å²) in [5.41, 5.74) is 0.741. The maximum atomic E-state index is 5.50. The standard InChI is InChI=1S/C5H4ClN2.Y/c1-4-5(6)8-3-2-7-4;/h2H,1H3;/q-1;. The first kappa shape index (κ1) is 9.47. The van der Waals surface area contributed by atoms with Crippen LogP contribution < -0.4 is 0 Å². The van der Waals surface area contributed by atoms with Gasteiger partial charge in [0.1, 0.15) is 0 Å². The molecule has 0 bridgehead atoms. The van der Waals surface area contributed by atoms with E-state index in [1.54, 1.807) is 6.92 Å². The molecule has 2 nitrogen and oxygen atoms in total. The first-order chi connectivity index (χ1) is 3.80. The molecule has 1 aromatic rings. The summed E-state index contributed by atoms with van der Waals surface area (Å²) >= 11 is 5.50. The Morgan fingerprint density at radius 2 is 2.33 bits per heavy atom. The molecule has 0 atom stereocenters. The van der Waals surface area contributed by atoms with Crippen LogP contribution >= 0.6 is 11.6 Å². The smallest absolute Gasteiger partial charge is 0 e. The van der Waals surface area contributed by atoms with E-state index in [1.807, 2.05) is 0 Å². The van der Waals surface area contributed by atoms with Gasteiger partial charge in [-0.2, -0.15) is 11.6 Å². The molecule has 4 heteroatoms. The van der Waals surface area contributed by atoms with Crippen molar-refractivity contribution in [3.05, 3.63) is 23.2 Å². The molecule has 1 radical (unpaired) electrons. The number of aromatic nitrogens is 2. The first-order valence-electron chi connectivity index (χ1n) is 2.16. The van der Waals surface area contributed by atoms with E-state index < -0.39 is 0 Å². The molecule has 0 amide bonds. The summed E-state index contributed by atoms with van der Waals surface area (Å²) in [6.45, 7) is 1.79. The molecule has 0 saturated heterocycles. The third-order valence-corrected chi connectivity index (χ3v) is 1.14. The topological polar surface area (TPSA) is 25.8 Å². The van der Waals surface area contributed by atoms with Crippen LogP contribution in [0.1, 0.15) is 5.69 Å². The van der Waals surface area contributed by atoms with E-state index in [0.717, 1.165) is 5.69 Å². The minimum absolute atomic E-state index is 0. The third-order valence-electron chi connectivity index (χ3n) is 0.777. The number of halogens is 1. The molecule has 9 heavy (non-hydrogen) atoms. The van der Waals surface area contributed by atoms with Crippen molar-refractivity contribution in [1.29, 1.82) is 0 Å². The number of hydrogen-bond donors (Lipinski definition) is 0. The molecule has 0 aliphatic rings. The van der Waals surface area contributed by atoms with Crippen LogP contribution in [0, 0.1) is 13.1 Å². The van der Waals surface area contributed by atoms with Gasteiger partial charge in [0.05, 0.1) is 0 Å². The van der Waals surface area contributed by atoms with Gasteiger partial charge >= 0.3 is 0 Å². The average molecular weight is 216 g/mol. The zero-order chi connectivity index (χ0) is 5.98. The summed E-state index contributed by atoms with van der Waals surface area (Å²) in [7, 11) is 0. The van der Waals surface area contributed by atoms with Crippen molar-refractivity contribution in [3.8, 4) is 0 Å². The Hall–Kier alpha value is 0.474. The Morgan fingerprint density at radius 3 is 2.67 bits per heavy atom. The molecule has 0 fully saturated rings. The SMILES string of the molecule is Cc1nc[c-]nc1Cl.[Y]. The number of nitrogens with zero attached hydrogens (tertiary/aromatic N) is 2. The summed E-state index contributed by atoms with van der Waals surface area (Å²) < 4.78 is 0. The van der Waals surface area contributed by atoms with Crippen LogP contribution in [0.2, 0.25) is 5.15 Å². The maximum Gasteiger partial charge on any atom is 0 e. The Kier molecular flexibility index (Phi) is 4.54. The molecular formula is C5H4ClN2Y-. The zero-order valence-corrected chi connectivity index (χ0v) is 8.52. The van der Waals surface area contributed by atoms with Crippen LogP contribution in [0.5, 0.6) is 0 Å². The van der Waals surface area contributed by atoms with Gasteiger partial charge in [0, 0.05) is 32.7 Å². The Balaban J connectivity index is 0.000000640. The molecule has 0 N–H and O–H groups in total. The molecule has 0 aromatic carbocycles. The predicted molar refractivity (Wildman–Crippen MR) is 30.6 cm³/mol. The zero-order valence-electron chi connectivity index (χ0n) is 4.93. The van der Waals surface area contributed by atoms with E-state index >= 15 is 0 Å². The van der Waals surface area contributed by atoms with Crippen molar-refractivity contribution < 1.29 is 32.7 Å².